The van der Waals surface area contributed by atoms with Gasteiger partial charge in [-0.2, -0.15) is 12.6 Å². The maximum atomic E-state index is 11.8. The van der Waals surface area contributed by atoms with Crippen molar-refractivity contribution in [3.63, 3.8) is 0 Å². The quantitative estimate of drug-likeness (QED) is 0.536. The van der Waals surface area contributed by atoms with Gasteiger partial charge in [0.05, 0.1) is 5.25 Å². The van der Waals surface area contributed by atoms with Crippen molar-refractivity contribution in [3.05, 3.63) is 58.1 Å². The Morgan fingerprint density at radius 2 is 1.76 bits per heavy atom. The number of para-hydroxylation sites is 1. The van der Waals surface area contributed by atoms with E-state index in [0.29, 0.717) is 11.4 Å². The van der Waals surface area contributed by atoms with Crippen LogP contribution in [0.4, 0.5) is 11.6 Å². The lowest BCUT2D eigenvalue weighted by Gasteiger charge is -2.13. The number of hydrogen-bond donors (Lipinski definition) is 4. The predicted octanol–water partition coefficient (Wildman–Crippen LogP) is 1.50. The van der Waals surface area contributed by atoms with Crippen LogP contribution in [0.3, 0.4) is 0 Å². The van der Waals surface area contributed by atoms with Crippen LogP contribution < -0.4 is 17.0 Å². The summed E-state index contributed by atoms with van der Waals surface area (Å²) < 4.78 is 0. The van der Waals surface area contributed by atoms with Gasteiger partial charge in [-0.15, -0.1) is 0 Å². The first-order chi connectivity index (χ1) is 10.0. The Kier molecular flexibility index (Phi) is 3.26. The van der Waals surface area contributed by atoms with Crippen molar-refractivity contribution in [2.45, 2.75) is 5.25 Å². The highest BCUT2D eigenvalue weighted by Crippen LogP contribution is 2.30. The molecule has 0 amide bonds. The van der Waals surface area contributed by atoms with E-state index in [1.165, 1.54) is 12.1 Å². The number of fused-ring (bicyclic) bond motifs is 1. The van der Waals surface area contributed by atoms with Gasteiger partial charge in [0.2, 0.25) is 5.56 Å². The van der Waals surface area contributed by atoms with E-state index in [2.05, 4.69) is 27.6 Å². The third kappa shape index (κ3) is 2.55. The molecular formula is C14H13N5OS. The molecule has 2 aromatic heterocycles. The maximum absolute atomic E-state index is 11.8. The number of aromatic nitrogens is 3. The summed E-state index contributed by atoms with van der Waals surface area (Å²) in [4.78, 5) is 22.9. The fraction of sp³-hybridized carbons (Fsp3) is 0.0714. The van der Waals surface area contributed by atoms with Crippen molar-refractivity contribution in [3.8, 4) is 0 Å². The van der Waals surface area contributed by atoms with Gasteiger partial charge in [0.25, 0.3) is 0 Å². The van der Waals surface area contributed by atoms with E-state index < -0.39 is 5.25 Å². The Morgan fingerprint density at radius 1 is 1.10 bits per heavy atom. The number of pyridine rings is 1. The van der Waals surface area contributed by atoms with Gasteiger partial charge in [0, 0.05) is 23.0 Å². The Balaban J connectivity index is 2.21. The van der Waals surface area contributed by atoms with Crippen molar-refractivity contribution >= 4 is 35.2 Å². The van der Waals surface area contributed by atoms with Crippen LogP contribution in [0.2, 0.25) is 0 Å². The molecule has 0 fully saturated rings. The van der Waals surface area contributed by atoms with Crippen molar-refractivity contribution in [2.24, 2.45) is 0 Å². The van der Waals surface area contributed by atoms with E-state index in [4.69, 9.17) is 11.5 Å². The van der Waals surface area contributed by atoms with Gasteiger partial charge in [0.15, 0.2) is 0 Å². The second-order valence-corrected chi connectivity index (χ2v) is 5.13. The highest BCUT2D eigenvalue weighted by molar-refractivity contribution is 7.80. The average molecular weight is 299 g/mol. The molecular weight excluding hydrogens is 286 g/mol. The minimum absolute atomic E-state index is 0.209. The van der Waals surface area contributed by atoms with Crippen LogP contribution in [0.1, 0.15) is 16.6 Å². The molecule has 0 aliphatic rings. The van der Waals surface area contributed by atoms with E-state index >= 15 is 0 Å². The van der Waals surface area contributed by atoms with Crippen LogP contribution in [0, 0.1) is 0 Å². The number of nitrogen functional groups attached to an aromatic ring is 2. The van der Waals surface area contributed by atoms with Crippen LogP contribution in [0.15, 0.2) is 41.2 Å². The van der Waals surface area contributed by atoms with Crippen LogP contribution >= 0.6 is 12.6 Å². The second kappa shape index (κ2) is 5.10. The summed E-state index contributed by atoms with van der Waals surface area (Å²) in [7, 11) is 0. The lowest BCUT2D eigenvalue weighted by atomic mass is 10.1. The smallest absolute Gasteiger partial charge is 0.248 e. The third-order valence-corrected chi connectivity index (χ3v) is 3.61. The number of H-pyrrole nitrogens is 1. The molecule has 0 aliphatic carbocycles. The number of aromatic amines is 1. The molecule has 0 saturated heterocycles. The van der Waals surface area contributed by atoms with Gasteiger partial charge in [-0.3, -0.25) is 4.79 Å². The topological polar surface area (TPSA) is 111 Å². The van der Waals surface area contributed by atoms with E-state index in [0.717, 1.165) is 10.9 Å². The lowest BCUT2D eigenvalue weighted by Crippen LogP contribution is -2.11. The molecule has 0 radical (unpaired) electrons. The Morgan fingerprint density at radius 3 is 2.48 bits per heavy atom. The highest BCUT2D eigenvalue weighted by atomic mass is 32.1. The molecule has 6 nitrogen and oxygen atoms in total. The van der Waals surface area contributed by atoms with Crippen molar-refractivity contribution in [2.75, 3.05) is 11.5 Å². The average Bonchev–Trinajstić information content (AvgIpc) is 2.44. The number of hydrogen-bond acceptors (Lipinski definition) is 6. The van der Waals surface area contributed by atoms with Gasteiger partial charge >= 0.3 is 0 Å². The summed E-state index contributed by atoms with van der Waals surface area (Å²) in [6, 6.07) is 10.4. The molecule has 0 bridgehead atoms. The van der Waals surface area contributed by atoms with Gasteiger partial charge in [-0.05, 0) is 11.6 Å². The third-order valence-electron chi connectivity index (χ3n) is 3.10. The first kappa shape index (κ1) is 13.4. The fourth-order valence-corrected chi connectivity index (χ4v) is 2.55. The number of nitrogens with zero attached hydrogens (tertiary/aromatic N) is 2. The van der Waals surface area contributed by atoms with Crippen LogP contribution in [0.5, 0.6) is 0 Å². The summed E-state index contributed by atoms with van der Waals surface area (Å²) in [5.41, 5.74) is 12.6. The van der Waals surface area contributed by atoms with Crippen LogP contribution in [-0.2, 0) is 0 Å². The molecule has 3 rings (SSSR count). The summed E-state index contributed by atoms with van der Waals surface area (Å²) in [6.07, 6.45) is 0. The SMILES string of the molecule is Nc1cc(N)nc(C(S)c2cc(=O)[nH]c3ccccc23)n1. The number of anilines is 2. The Hall–Kier alpha value is -2.54. The summed E-state index contributed by atoms with van der Waals surface area (Å²) in [6.45, 7) is 0. The number of nitrogens with one attached hydrogen (secondary N) is 1. The Bertz CT molecular complexity index is 856. The van der Waals surface area contributed by atoms with Gasteiger partial charge < -0.3 is 16.5 Å². The standard InChI is InChI=1S/C14H13N5OS/c15-10-6-11(16)19-14(18-10)13(21)8-5-12(20)17-9-4-2-1-3-7(8)9/h1-6,13,21H,(H,17,20)(H4,15,16,18,19). The Labute approximate surface area is 125 Å². The lowest BCUT2D eigenvalue weighted by molar-refractivity contribution is 0.969. The monoisotopic (exact) mass is 299 g/mol. The summed E-state index contributed by atoms with van der Waals surface area (Å²) >= 11 is 4.54. The first-order valence-corrected chi connectivity index (χ1v) is 6.76. The zero-order valence-electron chi connectivity index (χ0n) is 10.9. The normalized spacial score (nSPS) is 12.4. The van der Waals surface area contributed by atoms with E-state index in [9.17, 15) is 4.79 Å². The summed E-state index contributed by atoms with van der Waals surface area (Å²) in [5.74, 6) is 0.906. The minimum atomic E-state index is -0.497. The molecule has 21 heavy (non-hydrogen) atoms. The summed E-state index contributed by atoms with van der Waals surface area (Å²) in [5, 5.41) is 0.379. The molecule has 2 heterocycles. The number of benzene rings is 1. The van der Waals surface area contributed by atoms with Crippen LogP contribution in [0.25, 0.3) is 10.9 Å². The van der Waals surface area contributed by atoms with Gasteiger partial charge in [0.1, 0.15) is 17.5 Å². The second-order valence-electron chi connectivity index (χ2n) is 4.61. The minimum Gasteiger partial charge on any atom is -0.384 e. The van der Waals surface area contributed by atoms with Crippen molar-refractivity contribution < 1.29 is 0 Å². The maximum Gasteiger partial charge on any atom is 0.248 e. The van der Waals surface area contributed by atoms with Crippen LogP contribution in [-0.4, -0.2) is 15.0 Å². The van der Waals surface area contributed by atoms with Crippen molar-refractivity contribution in [1.29, 1.82) is 0 Å². The molecule has 0 spiro atoms. The fourth-order valence-electron chi connectivity index (χ4n) is 2.22. The molecule has 1 aromatic carbocycles. The molecule has 0 saturated carbocycles. The van der Waals surface area contributed by atoms with E-state index in [1.807, 2.05) is 24.3 Å². The molecule has 5 N–H and O–H groups in total. The predicted molar refractivity (Wildman–Crippen MR) is 86.3 cm³/mol. The van der Waals surface area contributed by atoms with Gasteiger partial charge in [-0.25, -0.2) is 9.97 Å². The highest BCUT2D eigenvalue weighted by Gasteiger charge is 2.17. The number of thiol groups is 1. The number of rotatable bonds is 2. The van der Waals surface area contributed by atoms with E-state index in [-0.39, 0.29) is 17.2 Å². The molecule has 1 atom stereocenters. The largest absolute Gasteiger partial charge is 0.384 e. The molecule has 7 heteroatoms. The zero-order chi connectivity index (χ0) is 15.0. The molecule has 0 aliphatic heterocycles. The zero-order valence-corrected chi connectivity index (χ0v) is 11.8. The van der Waals surface area contributed by atoms with Crippen molar-refractivity contribution in [1.82, 2.24) is 15.0 Å². The first-order valence-electron chi connectivity index (χ1n) is 6.24. The molecule has 106 valence electrons. The van der Waals surface area contributed by atoms with Gasteiger partial charge in [-0.1, -0.05) is 18.2 Å². The molecule has 3 aromatic rings. The molecule has 1 unspecified atom stereocenters. The number of nitrogens with two attached hydrogens (primary N) is 2. The van der Waals surface area contributed by atoms with E-state index in [1.54, 1.807) is 0 Å².